The quantitative estimate of drug-likeness (QED) is 0.0960. The highest BCUT2D eigenvalue weighted by molar-refractivity contribution is 7.91. The maximum Gasteiger partial charge on any atom is 0.306 e. The molecular formula is C27H47O7PS. The lowest BCUT2D eigenvalue weighted by atomic mass is 9.87. The number of carbonyl (C=O) groups excluding carboxylic acids is 1. The molecule has 3 atom stereocenters. The molecule has 1 rings (SSSR count). The Labute approximate surface area is 219 Å². The molecule has 0 aliphatic heterocycles. The van der Waals surface area contributed by atoms with Crippen molar-refractivity contribution in [3.05, 3.63) is 34.9 Å². The van der Waals surface area contributed by atoms with Crippen molar-refractivity contribution in [3.8, 4) is 0 Å². The number of ether oxygens (including phenoxy) is 2. The predicted molar refractivity (Wildman–Crippen MR) is 147 cm³/mol. The minimum Gasteiger partial charge on any atom is -0.457 e. The van der Waals surface area contributed by atoms with E-state index in [2.05, 4.69) is 32.9 Å². The van der Waals surface area contributed by atoms with E-state index in [9.17, 15) is 22.3 Å². The van der Waals surface area contributed by atoms with Crippen LogP contribution in [-0.2, 0) is 29.0 Å². The fourth-order valence-electron chi connectivity index (χ4n) is 4.58. The molecule has 36 heavy (non-hydrogen) atoms. The Hall–Kier alpha value is -1.21. The summed E-state index contributed by atoms with van der Waals surface area (Å²) in [6.45, 7) is 8.33. The Morgan fingerprint density at radius 3 is 2.06 bits per heavy atom. The van der Waals surface area contributed by atoms with Crippen LogP contribution in [0, 0.1) is 5.92 Å². The first-order valence-corrected chi connectivity index (χ1v) is 15.6. The number of rotatable bonds is 16. The van der Waals surface area contributed by atoms with Crippen LogP contribution in [0.1, 0.15) is 105 Å². The maximum atomic E-state index is 12.7. The fourth-order valence-corrected chi connectivity index (χ4v) is 6.26. The average Bonchev–Trinajstić information content (AvgIpc) is 2.79. The summed E-state index contributed by atoms with van der Waals surface area (Å²) < 4.78 is 54.5. The third-order valence-corrected chi connectivity index (χ3v) is 10.2. The lowest BCUT2D eigenvalue weighted by molar-refractivity contribution is -0.156. The molecule has 9 heteroatoms. The van der Waals surface area contributed by atoms with E-state index >= 15 is 0 Å². The normalized spacial score (nSPS) is 18.7. The van der Waals surface area contributed by atoms with Crippen molar-refractivity contribution < 1.29 is 31.8 Å². The van der Waals surface area contributed by atoms with Gasteiger partial charge in [0.1, 0.15) is 8.46 Å². The first kappa shape index (κ1) is 32.8. The second kappa shape index (κ2) is 16.6. The molecule has 0 bridgehead atoms. The summed E-state index contributed by atoms with van der Waals surface area (Å²) in [6.07, 6.45) is 14.7. The zero-order chi connectivity index (χ0) is 27.2. The smallest absolute Gasteiger partial charge is 0.306 e. The molecule has 3 unspecified atom stereocenters. The van der Waals surface area contributed by atoms with E-state index in [1.54, 1.807) is 0 Å². The molecule has 1 saturated carbocycles. The van der Waals surface area contributed by atoms with Crippen molar-refractivity contribution in [3.63, 3.8) is 0 Å². The van der Waals surface area contributed by atoms with Gasteiger partial charge in [-0.05, 0) is 85.0 Å². The number of methoxy groups -OCH3 is 1. The fraction of sp³-hybridized carbons (Fsp3) is 0.741. The van der Waals surface area contributed by atoms with Gasteiger partial charge in [0.15, 0.2) is 6.10 Å². The van der Waals surface area contributed by atoms with Crippen molar-refractivity contribution in [2.75, 3.05) is 7.11 Å². The highest BCUT2D eigenvalue weighted by atomic mass is 32.2. The molecule has 0 heterocycles. The van der Waals surface area contributed by atoms with Gasteiger partial charge in [-0.2, -0.15) is 8.42 Å². The number of esters is 1. The van der Waals surface area contributed by atoms with Crippen molar-refractivity contribution in [1.82, 2.24) is 0 Å². The van der Waals surface area contributed by atoms with Gasteiger partial charge in [0.2, 0.25) is 0 Å². The number of hydrogen-bond acceptors (Lipinski definition) is 6. The minimum absolute atomic E-state index is 0.0776. The zero-order valence-corrected chi connectivity index (χ0v) is 24.7. The highest BCUT2D eigenvalue weighted by Crippen LogP contribution is 2.38. The van der Waals surface area contributed by atoms with Crippen LogP contribution >= 0.6 is 8.46 Å². The summed E-state index contributed by atoms with van der Waals surface area (Å²) in [5.41, 5.74) is 3.80. The van der Waals surface area contributed by atoms with Crippen LogP contribution in [0.15, 0.2) is 34.9 Å². The number of carbonyl (C=O) groups is 1. The van der Waals surface area contributed by atoms with Gasteiger partial charge in [0.05, 0.1) is 0 Å². The Kier molecular flexibility index (Phi) is 15.1. The van der Waals surface area contributed by atoms with Gasteiger partial charge in [-0.15, -0.1) is 0 Å². The first-order chi connectivity index (χ1) is 16.9. The van der Waals surface area contributed by atoms with Gasteiger partial charge >= 0.3 is 16.1 Å². The van der Waals surface area contributed by atoms with Crippen LogP contribution in [0.4, 0.5) is 0 Å². The van der Waals surface area contributed by atoms with Crippen LogP contribution in [-0.4, -0.2) is 36.8 Å². The molecule has 1 fully saturated rings. The van der Waals surface area contributed by atoms with E-state index in [0.29, 0.717) is 6.42 Å². The molecule has 0 radical (unpaired) electrons. The zero-order valence-electron chi connectivity index (χ0n) is 22.8. The van der Waals surface area contributed by atoms with Crippen LogP contribution in [0.5, 0.6) is 0 Å². The largest absolute Gasteiger partial charge is 0.457 e. The van der Waals surface area contributed by atoms with Crippen molar-refractivity contribution in [1.29, 1.82) is 0 Å². The average molecular weight is 547 g/mol. The van der Waals surface area contributed by atoms with E-state index < -0.39 is 35.3 Å². The van der Waals surface area contributed by atoms with E-state index in [0.717, 1.165) is 70.5 Å². The summed E-state index contributed by atoms with van der Waals surface area (Å²) >= 11 is 0. The Bertz CT molecular complexity index is 897. The molecule has 1 N–H and O–H groups in total. The van der Waals surface area contributed by atoms with E-state index in [1.807, 2.05) is 13.0 Å². The summed E-state index contributed by atoms with van der Waals surface area (Å²) in [4.78, 5) is 12.7. The third-order valence-electron chi connectivity index (χ3n) is 6.83. The predicted octanol–water partition coefficient (Wildman–Crippen LogP) is 7.01. The molecule has 0 aromatic carbocycles. The Balaban J connectivity index is 2.81. The Morgan fingerprint density at radius 2 is 1.56 bits per heavy atom. The maximum absolute atomic E-state index is 12.7. The molecule has 0 aromatic rings. The van der Waals surface area contributed by atoms with E-state index in [-0.39, 0.29) is 18.8 Å². The van der Waals surface area contributed by atoms with Crippen LogP contribution in [0.25, 0.3) is 0 Å². The monoisotopic (exact) mass is 546 g/mol. The van der Waals surface area contributed by atoms with Crippen LogP contribution < -0.4 is 0 Å². The van der Waals surface area contributed by atoms with Crippen molar-refractivity contribution in [2.45, 2.75) is 116 Å². The summed E-state index contributed by atoms with van der Waals surface area (Å²) in [5.74, 6) is -0.339. The van der Waals surface area contributed by atoms with Gasteiger partial charge in [0, 0.05) is 13.5 Å². The van der Waals surface area contributed by atoms with Gasteiger partial charge < -0.3 is 14.0 Å². The molecule has 7 nitrogen and oxygen atoms in total. The third kappa shape index (κ3) is 11.5. The standard InChI is InChI=1S/C27H47O7PS/c1-21(2)12-9-13-22(3)14-10-15-23(4)16-11-19-25(27(33-5,35-29)36(30,31)32)34-26(28)20-24-17-7-6-8-18-24/h12,14,16,24-25H,6-11,13,15,17-20,35H2,1-5H3,(H,30,31,32). The lowest BCUT2D eigenvalue weighted by Gasteiger charge is -2.32. The molecule has 208 valence electrons. The molecule has 0 spiro atoms. The van der Waals surface area contributed by atoms with Crippen molar-refractivity contribution >= 4 is 24.5 Å². The highest BCUT2D eigenvalue weighted by Gasteiger charge is 2.52. The van der Waals surface area contributed by atoms with E-state index in [4.69, 9.17) is 9.47 Å². The molecular weight excluding hydrogens is 499 g/mol. The summed E-state index contributed by atoms with van der Waals surface area (Å²) in [6, 6.07) is 0. The van der Waals surface area contributed by atoms with E-state index in [1.165, 1.54) is 11.1 Å². The molecule has 1 aliphatic carbocycles. The van der Waals surface area contributed by atoms with Gasteiger partial charge in [-0.25, -0.2) is 0 Å². The van der Waals surface area contributed by atoms with Crippen molar-refractivity contribution in [2.24, 2.45) is 5.92 Å². The molecule has 0 amide bonds. The van der Waals surface area contributed by atoms with Gasteiger partial charge in [-0.1, -0.05) is 54.2 Å². The van der Waals surface area contributed by atoms with Crippen LogP contribution in [0.3, 0.4) is 0 Å². The molecule has 0 aromatic heterocycles. The van der Waals surface area contributed by atoms with Gasteiger partial charge in [-0.3, -0.25) is 9.35 Å². The minimum atomic E-state index is -4.90. The summed E-state index contributed by atoms with van der Waals surface area (Å²) in [7, 11) is -5.97. The second-order valence-corrected chi connectivity index (χ2v) is 13.3. The molecule has 0 saturated heterocycles. The first-order valence-electron chi connectivity index (χ1n) is 13.1. The topological polar surface area (TPSA) is 107 Å². The number of allylic oxidation sites excluding steroid dienone is 6. The van der Waals surface area contributed by atoms with Gasteiger partial charge in [0.25, 0.3) is 4.67 Å². The lowest BCUT2D eigenvalue weighted by Crippen LogP contribution is -2.48. The SMILES string of the molecule is COC([PH2]=O)(C(CCC=C(C)CCC=C(C)CCC=C(C)C)OC(=O)CC1CCCCC1)S(=O)(=O)O. The summed E-state index contributed by atoms with van der Waals surface area (Å²) in [5, 5.41) is 0. The molecule has 1 aliphatic rings. The second-order valence-electron chi connectivity index (χ2n) is 10.2. The number of hydrogen-bond donors (Lipinski definition) is 1. The van der Waals surface area contributed by atoms with Crippen LogP contribution in [0.2, 0.25) is 0 Å². The Morgan fingerprint density at radius 1 is 1.00 bits per heavy atom.